The first-order valence-electron chi connectivity index (χ1n) is 10.1. The van der Waals surface area contributed by atoms with Gasteiger partial charge in [0, 0.05) is 32.2 Å². The van der Waals surface area contributed by atoms with Crippen LogP contribution in [0.25, 0.3) is 0 Å². The van der Waals surface area contributed by atoms with E-state index >= 15 is 0 Å². The predicted octanol–water partition coefficient (Wildman–Crippen LogP) is 3.92. The maximum atomic E-state index is 13.1. The van der Waals surface area contributed by atoms with Gasteiger partial charge in [-0.2, -0.15) is 4.31 Å². The third kappa shape index (κ3) is 4.83. The van der Waals surface area contributed by atoms with Gasteiger partial charge in [-0.05, 0) is 42.0 Å². The zero-order valence-corrected chi connectivity index (χ0v) is 18.2. The molecule has 2 aromatic carbocycles. The monoisotopic (exact) mass is 400 g/mol. The highest BCUT2D eigenvalue weighted by Gasteiger charge is 2.32. The summed E-state index contributed by atoms with van der Waals surface area (Å²) < 4.78 is 27.8. The van der Waals surface area contributed by atoms with E-state index in [1.165, 1.54) is 5.56 Å². The third-order valence-corrected chi connectivity index (χ3v) is 7.50. The maximum absolute atomic E-state index is 13.1. The van der Waals surface area contributed by atoms with Crippen LogP contribution in [0.4, 0.5) is 0 Å². The third-order valence-electron chi connectivity index (χ3n) is 5.62. The second-order valence-electron chi connectivity index (χ2n) is 8.76. The Morgan fingerprint density at radius 1 is 0.964 bits per heavy atom. The fraction of sp³-hybridized carbons (Fsp3) is 0.478. The maximum Gasteiger partial charge on any atom is 0.243 e. The van der Waals surface area contributed by atoms with Gasteiger partial charge < -0.3 is 0 Å². The van der Waals surface area contributed by atoms with Crippen LogP contribution in [-0.4, -0.2) is 49.8 Å². The number of rotatable bonds is 5. The first kappa shape index (κ1) is 21.0. The van der Waals surface area contributed by atoms with Crippen LogP contribution in [-0.2, 0) is 21.9 Å². The molecular weight excluding hydrogens is 368 g/mol. The summed E-state index contributed by atoms with van der Waals surface area (Å²) >= 11 is 0. The van der Waals surface area contributed by atoms with Gasteiger partial charge >= 0.3 is 0 Å². The molecule has 0 aromatic heterocycles. The topological polar surface area (TPSA) is 40.6 Å². The smallest absolute Gasteiger partial charge is 0.243 e. The predicted molar refractivity (Wildman–Crippen MR) is 115 cm³/mol. The fourth-order valence-electron chi connectivity index (χ4n) is 3.71. The minimum atomic E-state index is -3.44. The fourth-order valence-corrected chi connectivity index (χ4v) is 5.22. The highest BCUT2D eigenvalue weighted by molar-refractivity contribution is 7.89. The van der Waals surface area contributed by atoms with E-state index in [1.54, 1.807) is 16.4 Å². The summed E-state index contributed by atoms with van der Waals surface area (Å²) in [5.74, 6) is 0. The highest BCUT2D eigenvalue weighted by atomic mass is 32.2. The second kappa shape index (κ2) is 8.36. The number of sulfonamides is 1. The molecule has 0 saturated carbocycles. The molecule has 1 heterocycles. The molecule has 152 valence electrons. The zero-order chi connectivity index (χ0) is 20.4. The normalized spacial score (nSPS) is 19.6. The van der Waals surface area contributed by atoms with Crippen LogP contribution >= 0.6 is 0 Å². The molecule has 0 aliphatic carbocycles. The summed E-state index contributed by atoms with van der Waals surface area (Å²) in [6, 6.07) is 18.0. The molecular formula is C23H32N2O2S. The van der Waals surface area contributed by atoms with Gasteiger partial charge in [0.2, 0.25) is 10.0 Å². The van der Waals surface area contributed by atoms with Crippen molar-refractivity contribution >= 4 is 10.0 Å². The molecule has 5 heteroatoms. The van der Waals surface area contributed by atoms with Crippen LogP contribution in [0.3, 0.4) is 0 Å². The Bertz CT molecular complexity index is 871. The van der Waals surface area contributed by atoms with E-state index in [1.807, 2.05) is 18.2 Å². The molecule has 0 N–H and O–H groups in total. The largest absolute Gasteiger partial charge is 0.298 e. The van der Waals surface area contributed by atoms with E-state index in [0.717, 1.165) is 25.1 Å². The molecule has 0 spiro atoms. The van der Waals surface area contributed by atoms with Crippen LogP contribution < -0.4 is 0 Å². The van der Waals surface area contributed by atoms with Crippen molar-refractivity contribution in [3.8, 4) is 0 Å². The first-order chi connectivity index (χ1) is 13.2. The van der Waals surface area contributed by atoms with Crippen molar-refractivity contribution in [3.63, 3.8) is 0 Å². The van der Waals surface area contributed by atoms with Crippen molar-refractivity contribution in [1.82, 2.24) is 9.21 Å². The SMILES string of the molecule is CC1CN(S(=O)(=O)c2ccc(C(C)(C)C)cc2)CCN1CCc1ccccc1. The molecule has 0 amide bonds. The van der Waals surface area contributed by atoms with E-state index in [0.29, 0.717) is 18.0 Å². The quantitative estimate of drug-likeness (QED) is 0.764. The summed E-state index contributed by atoms with van der Waals surface area (Å²) in [6.07, 6.45) is 0.992. The lowest BCUT2D eigenvalue weighted by Gasteiger charge is -2.39. The van der Waals surface area contributed by atoms with Gasteiger partial charge in [-0.25, -0.2) is 8.42 Å². The Kier molecular flexibility index (Phi) is 6.28. The lowest BCUT2D eigenvalue weighted by atomic mass is 9.87. The molecule has 1 aliphatic rings. The standard InChI is InChI=1S/C23H32N2O2S/c1-19-18-25(17-16-24(19)15-14-20-8-6-5-7-9-20)28(26,27)22-12-10-21(11-13-22)23(2,3)4/h5-13,19H,14-18H2,1-4H3. The van der Waals surface area contributed by atoms with Crippen LogP contribution in [0.1, 0.15) is 38.8 Å². The van der Waals surface area contributed by atoms with E-state index in [4.69, 9.17) is 0 Å². The molecule has 1 saturated heterocycles. The summed E-state index contributed by atoms with van der Waals surface area (Å²) in [7, 11) is -3.44. The Hall–Kier alpha value is -1.69. The highest BCUT2D eigenvalue weighted by Crippen LogP contribution is 2.25. The summed E-state index contributed by atoms with van der Waals surface area (Å²) in [5, 5.41) is 0. The van der Waals surface area contributed by atoms with Gasteiger partial charge in [0.05, 0.1) is 4.90 Å². The molecule has 4 nitrogen and oxygen atoms in total. The molecule has 28 heavy (non-hydrogen) atoms. The Labute approximate surface area is 170 Å². The molecule has 0 bridgehead atoms. The summed E-state index contributed by atoms with van der Waals surface area (Å²) in [6.45, 7) is 11.3. The number of benzene rings is 2. The summed E-state index contributed by atoms with van der Waals surface area (Å²) in [5.41, 5.74) is 2.48. The van der Waals surface area contributed by atoms with Gasteiger partial charge in [0.1, 0.15) is 0 Å². The van der Waals surface area contributed by atoms with Gasteiger partial charge in [-0.1, -0.05) is 63.2 Å². The number of hydrogen-bond acceptors (Lipinski definition) is 3. The van der Waals surface area contributed by atoms with E-state index in [9.17, 15) is 8.42 Å². The number of hydrogen-bond donors (Lipinski definition) is 0. The first-order valence-corrected chi connectivity index (χ1v) is 11.5. The lowest BCUT2D eigenvalue weighted by Crippen LogP contribution is -2.53. The number of nitrogens with zero attached hydrogens (tertiary/aromatic N) is 2. The molecule has 1 unspecified atom stereocenters. The minimum absolute atomic E-state index is 0.0151. The van der Waals surface area contributed by atoms with E-state index in [2.05, 4.69) is 56.9 Å². The molecule has 0 radical (unpaired) electrons. The van der Waals surface area contributed by atoms with Crippen molar-refractivity contribution in [2.24, 2.45) is 0 Å². The number of piperazine rings is 1. The average Bonchev–Trinajstić information content (AvgIpc) is 2.67. The molecule has 1 fully saturated rings. The van der Waals surface area contributed by atoms with Crippen molar-refractivity contribution in [1.29, 1.82) is 0 Å². The Morgan fingerprint density at radius 3 is 2.18 bits per heavy atom. The zero-order valence-electron chi connectivity index (χ0n) is 17.4. The average molecular weight is 401 g/mol. The van der Waals surface area contributed by atoms with Crippen molar-refractivity contribution in [2.75, 3.05) is 26.2 Å². The van der Waals surface area contributed by atoms with Crippen molar-refractivity contribution in [3.05, 3.63) is 65.7 Å². The van der Waals surface area contributed by atoms with Crippen LogP contribution in [0, 0.1) is 0 Å². The van der Waals surface area contributed by atoms with E-state index < -0.39 is 10.0 Å². The second-order valence-corrected chi connectivity index (χ2v) is 10.7. The Balaban J connectivity index is 1.63. The lowest BCUT2D eigenvalue weighted by molar-refractivity contribution is 0.130. The van der Waals surface area contributed by atoms with Gasteiger partial charge in [-0.15, -0.1) is 0 Å². The molecule has 3 rings (SSSR count). The molecule has 1 atom stereocenters. The van der Waals surface area contributed by atoms with Crippen molar-refractivity contribution in [2.45, 2.75) is 50.5 Å². The van der Waals surface area contributed by atoms with E-state index in [-0.39, 0.29) is 11.5 Å². The Morgan fingerprint density at radius 2 is 1.61 bits per heavy atom. The van der Waals surface area contributed by atoms with Crippen LogP contribution in [0.15, 0.2) is 59.5 Å². The minimum Gasteiger partial charge on any atom is -0.298 e. The van der Waals surface area contributed by atoms with Gasteiger partial charge in [0.25, 0.3) is 0 Å². The molecule has 2 aromatic rings. The molecule has 1 aliphatic heterocycles. The van der Waals surface area contributed by atoms with Gasteiger partial charge in [-0.3, -0.25) is 4.90 Å². The van der Waals surface area contributed by atoms with Crippen LogP contribution in [0.2, 0.25) is 0 Å². The summed E-state index contributed by atoms with van der Waals surface area (Å²) in [4.78, 5) is 2.78. The van der Waals surface area contributed by atoms with Gasteiger partial charge in [0.15, 0.2) is 0 Å². The van der Waals surface area contributed by atoms with Crippen molar-refractivity contribution < 1.29 is 8.42 Å². The van der Waals surface area contributed by atoms with Crippen LogP contribution in [0.5, 0.6) is 0 Å².